The molecule has 0 radical (unpaired) electrons. The fraction of sp³-hybridized carbons (Fsp3) is 0.0588. The maximum Gasteiger partial charge on any atom is 0.180 e. The van der Waals surface area contributed by atoms with E-state index in [0.717, 1.165) is 29.4 Å². The molecule has 0 N–H and O–H groups in total. The molecule has 2 heterocycles. The molecule has 0 saturated carbocycles. The van der Waals surface area contributed by atoms with Crippen molar-refractivity contribution < 1.29 is 9.47 Å². The summed E-state index contributed by atoms with van der Waals surface area (Å²) in [5.41, 5.74) is 2.51. The lowest BCUT2D eigenvalue weighted by Crippen LogP contribution is -1.98. The van der Waals surface area contributed by atoms with Crippen molar-refractivity contribution in [2.24, 2.45) is 0 Å². The molecule has 0 saturated heterocycles. The minimum atomic E-state index is 0.785. The summed E-state index contributed by atoms with van der Waals surface area (Å²) >= 11 is 1.58. The van der Waals surface area contributed by atoms with Gasteiger partial charge in [0.2, 0.25) is 0 Å². The Morgan fingerprint density at radius 3 is 2.25 bits per heavy atom. The molecule has 1 aromatic heterocycles. The van der Waals surface area contributed by atoms with Gasteiger partial charge in [0.05, 0.1) is 0 Å². The van der Waals surface area contributed by atoms with Gasteiger partial charge in [0.1, 0.15) is 0 Å². The van der Waals surface area contributed by atoms with Crippen LogP contribution in [0.5, 0.6) is 23.0 Å². The Morgan fingerprint density at radius 1 is 0.700 bits per heavy atom. The summed E-state index contributed by atoms with van der Waals surface area (Å²) in [6, 6.07) is 16.5. The highest BCUT2D eigenvalue weighted by molar-refractivity contribution is 7.08. The molecule has 0 aliphatic carbocycles. The van der Waals surface area contributed by atoms with Gasteiger partial charge in [0, 0.05) is 10.8 Å². The Morgan fingerprint density at radius 2 is 1.45 bits per heavy atom. The maximum atomic E-state index is 5.88. The van der Waals surface area contributed by atoms with Gasteiger partial charge in [-0.25, -0.2) is 0 Å². The second-order valence-corrected chi connectivity index (χ2v) is 5.49. The van der Waals surface area contributed by atoms with Crippen molar-refractivity contribution in [2.45, 2.75) is 6.42 Å². The molecule has 0 amide bonds. The van der Waals surface area contributed by atoms with E-state index in [4.69, 9.17) is 9.47 Å². The number of benzene rings is 2. The molecule has 3 aromatic rings. The summed E-state index contributed by atoms with van der Waals surface area (Å²) in [4.78, 5) is 0. The third kappa shape index (κ3) is 2.06. The Balaban J connectivity index is 1.64. The molecule has 20 heavy (non-hydrogen) atoms. The van der Waals surface area contributed by atoms with Crippen LogP contribution in [0.1, 0.15) is 11.1 Å². The average Bonchev–Trinajstić information content (AvgIpc) is 2.93. The second-order valence-electron chi connectivity index (χ2n) is 4.75. The van der Waals surface area contributed by atoms with E-state index in [1.807, 2.05) is 22.9 Å². The average molecular weight is 280 g/mol. The topological polar surface area (TPSA) is 18.5 Å². The van der Waals surface area contributed by atoms with Crippen LogP contribution in [0.15, 0.2) is 59.3 Å². The van der Waals surface area contributed by atoms with Crippen molar-refractivity contribution in [2.75, 3.05) is 0 Å². The zero-order chi connectivity index (χ0) is 13.4. The molecule has 1 aliphatic heterocycles. The maximum absolute atomic E-state index is 5.88. The first-order chi connectivity index (χ1) is 9.88. The summed E-state index contributed by atoms with van der Waals surface area (Å²) in [6.07, 6.45) is 0.897. The number of hydrogen-bond acceptors (Lipinski definition) is 3. The molecule has 4 rings (SSSR count). The Hall–Kier alpha value is -2.26. The SMILES string of the molecule is c1ccc(Cc2ccc3c(c2)Oc2cscc2O3)cc1. The molecule has 1 aliphatic rings. The molecule has 0 unspecified atom stereocenters. The number of ether oxygens (including phenoxy) is 2. The zero-order valence-corrected chi connectivity index (χ0v) is 11.5. The van der Waals surface area contributed by atoms with E-state index >= 15 is 0 Å². The van der Waals surface area contributed by atoms with Crippen LogP contribution < -0.4 is 9.47 Å². The molecule has 0 spiro atoms. The smallest absolute Gasteiger partial charge is 0.180 e. The van der Waals surface area contributed by atoms with Crippen LogP contribution in [0.25, 0.3) is 0 Å². The quantitative estimate of drug-likeness (QED) is 0.500. The predicted octanol–water partition coefficient (Wildman–Crippen LogP) is 5.24. The van der Waals surface area contributed by atoms with Gasteiger partial charge in [-0.2, -0.15) is 0 Å². The molecular weight excluding hydrogens is 268 g/mol. The van der Waals surface area contributed by atoms with Crippen LogP contribution >= 0.6 is 11.3 Å². The second kappa shape index (κ2) is 4.69. The summed E-state index contributed by atoms with van der Waals surface area (Å²) < 4.78 is 11.7. The lowest BCUT2D eigenvalue weighted by atomic mass is 10.0. The van der Waals surface area contributed by atoms with Gasteiger partial charge < -0.3 is 9.47 Å². The monoisotopic (exact) mass is 280 g/mol. The molecule has 0 fully saturated rings. The molecule has 3 heteroatoms. The van der Waals surface area contributed by atoms with Gasteiger partial charge in [-0.05, 0) is 29.7 Å². The third-order valence-corrected chi connectivity index (χ3v) is 3.99. The zero-order valence-electron chi connectivity index (χ0n) is 10.7. The van der Waals surface area contributed by atoms with E-state index in [9.17, 15) is 0 Å². The highest BCUT2D eigenvalue weighted by Crippen LogP contribution is 2.47. The van der Waals surface area contributed by atoms with Gasteiger partial charge in [0.15, 0.2) is 23.0 Å². The van der Waals surface area contributed by atoms with E-state index in [1.165, 1.54) is 11.1 Å². The molecule has 0 atom stereocenters. The van der Waals surface area contributed by atoms with Crippen molar-refractivity contribution in [1.82, 2.24) is 0 Å². The first-order valence-electron chi connectivity index (χ1n) is 6.47. The lowest BCUT2D eigenvalue weighted by Gasteiger charge is -2.18. The largest absolute Gasteiger partial charge is 0.449 e. The summed E-state index contributed by atoms with van der Waals surface area (Å²) in [7, 11) is 0. The Bertz CT molecular complexity index is 747. The van der Waals surface area contributed by atoms with Crippen molar-refractivity contribution >= 4 is 11.3 Å². The number of hydrogen-bond donors (Lipinski definition) is 0. The van der Waals surface area contributed by atoms with Crippen LogP contribution in [0.3, 0.4) is 0 Å². The van der Waals surface area contributed by atoms with Gasteiger partial charge >= 0.3 is 0 Å². The van der Waals surface area contributed by atoms with Crippen LogP contribution in [0.4, 0.5) is 0 Å². The summed E-state index contributed by atoms with van der Waals surface area (Å²) in [5.74, 6) is 3.19. The highest BCUT2D eigenvalue weighted by atomic mass is 32.1. The first-order valence-corrected chi connectivity index (χ1v) is 7.41. The fourth-order valence-corrected chi connectivity index (χ4v) is 2.96. The molecule has 2 nitrogen and oxygen atoms in total. The van der Waals surface area contributed by atoms with Crippen LogP contribution in [0, 0.1) is 0 Å². The van der Waals surface area contributed by atoms with Gasteiger partial charge in [-0.1, -0.05) is 36.4 Å². The van der Waals surface area contributed by atoms with Gasteiger partial charge in [-0.3, -0.25) is 0 Å². The van der Waals surface area contributed by atoms with E-state index in [-0.39, 0.29) is 0 Å². The van der Waals surface area contributed by atoms with Gasteiger partial charge in [0.25, 0.3) is 0 Å². The Labute approximate surface area is 121 Å². The minimum absolute atomic E-state index is 0.785. The van der Waals surface area contributed by atoms with E-state index in [1.54, 1.807) is 11.3 Å². The number of thiophene rings is 1. The number of rotatable bonds is 2. The van der Waals surface area contributed by atoms with E-state index in [2.05, 4.69) is 36.4 Å². The third-order valence-electron chi connectivity index (χ3n) is 3.29. The van der Waals surface area contributed by atoms with E-state index < -0.39 is 0 Å². The Kier molecular flexibility index (Phi) is 2.71. The van der Waals surface area contributed by atoms with Crippen molar-refractivity contribution in [1.29, 1.82) is 0 Å². The van der Waals surface area contributed by atoms with Crippen molar-refractivity contribution in [3.8, 4) is 23.0 Å². The van der Waals surface area contributed by atoms with Crippen molar-refractivity contribution in [3.05, 3.63) is 70.4 Å². The first kappa shape index (κ1) is 11.6. The van der Waals surface area contributed by atoms with Crippen LogP contribution in [-0.2, 0) is 6.42 Å². The molecule has 2 aromatic carbocycles. The highest BCUT2D eigenvalue weighted by Gasteiger charge is 2.19. The number of fused-ring (bicyclic) bond motifs is 2. The normalized spacial score (nSPS) is 12.0. The molecule has 98 valence electrons. The minimum Gasteiger partial charge on any atom is -0.449 e. The van der Waals surface area contributed by atoms with Crippen LogP contribution in [0.2, 0.25) is 0 Å². The summed E-state index contributed by atoms with van der Waals surface area (Å²) in [6.45, 7) is 0. The predicted molar refractivity (Wildman–Crippen MR) is 80.2 cm³/mol. The molecular formula is C17H12O2S. The van der Waals surface area contributed by atoms with Crippen molar-refractivity contribution in [3.63, 3.8) is 0 Å². The summed E-state index contributed by atoms with van der Waals surface area (Å²) in [5, 5.41) is 3.91. The standard InChI is InChI=1S/C17H12O2S/c1-2-4-12(5-3-1)8-13-6-7-14-15(9-13)19-17-11-20-10-16(17)18-14/h1-7,9-11H,8H2. The molecule has 0 bridgehead atoms. The van der Waals surface area contributed by atoms with Gasteiger partial charge in [-0.15, -0.1) is 11.3 Å². The van der Waals surface area contributed by atoms with Crippen LogP contribution in [-0.4, -0.2) is 0 Å². The fourth-order valence-electron chi connectivity index (χ4n) is 2.32. The van der Waals surface area contributed by atoms with E-state index in [0.29, 0.717) is 0 Å². The lowest BCUT2D eigenvalue weighted by molar-refractivity contribution is 0.362.